The van der Waals surface area contributed by atoms with Crippen LogP contribution in [0.25, 0.3) is 0 Å². The molecule has 0 saturated carbocycles. The molecular formula is C13H23N3O. The summed E-state index contributed by atoms with van der Waals surface area (Å²) in [6, 6.07) is 0.359. The van der Waals surface area contributed by atoms with Crippen molar-refractivity contribution in [3.8, 4) is 0 Å². The molecule has 1 N–H and O–H groups in total. The smallest absolute Gasteiger partial charge is 0.109 e. The lowest BCUT2D eigenvalue weighted by atomic mass is 10.1. The minimum absolute atomic E-state index is 0.292. The Bertz CT molecular complexity index is 337. The largest absolute Gasteiger partial charge is 0.395 e. The van der Waals surface area contributed by atoms with Gasteiger partial charge in [-0.25, -0.2) is 4.98 Å². The molecular weight excluding hydrogens is 214 g/mol. The van der Waals surface area contributed by atoms with Crippen molar-refractivity contribution in [1.29, 1.82) is 0 Å². The molecule has 2 heterocycles. The molecule has 1 unspecified atom stereocenters. The van der Waals surface area contributed by atoms with Crippen molar-refractivity contribution in [2.45, 2.75) is 38.1 Å². The average molecular weight is 237 g/mol. The number of aliphatic hydroxyl groups excluding tert-OH is 1. The van der Waals surface area contributed by atoms with E-state index in [0.29, 0.717) is 12.6 Å². The molecule has 96 valence electrons. The summed E-state index contributed by atoms with van der Waals surface area (Å²) in [5.74, 6) is 1.13. The fourth-order valence-corrected chi connectivity index (χ4v) is 2.62. The molecule has 0 spiro atoms. The first-order chi connectivity index (χ1) is 8.31. The summed E-state index contributed by atoms with van der Waals surface area (Å²) in [5.41, 5.74) is 0. The summed E-state index contributed by atoms with van der Waals surface area (Å²) in [4.78, 5) is 6.78. The van der Waals surface area contributed by atoms with Gasteiger partial charge in [0.15, 0.2) is 0 Å². The predicted octanol–water partition coefficient (Wildman–Crippen LogP) is 1.20. The lowest BCUT2D eigenvalue weighted by Gasteiger charge is -2.28. The first kappa shape index (κ1) is 12.6. The molecule has 0 aliphatic carbocycles. The summed E-state index contributed by atoms with van der Waals surface area (Å²) >= 11 is 0. The van der Waals surface area contributed by atoms with Gasteiger partial charge in [0.05, 0.1) is 6.61 Å². The van der Waals surface area contributed by atoms with Crippen LogP contribution in [0.4, 0.5) is 0 Å². The van der Waals surface area contributed by atoms with Gasteiger partial charge >= 0.3 is 0 Å². The number of aromatic nitrogens is 2. The van der Waals surface area contributed by atoms with Crippen LogP contribution in [0.5, 0.6) is 0 Å². The third-order valence-corrected chi connectivity index (χ3v) is 3.75. The number of aryl methyl sites for hydroxylation is 1. The van der Waals surface area contributed by atoms with Gasteiger partial charge in [0.1, 0.15) is 5.82 Å². The van der Waals surface area contributed by atoms with Crippen LogP contribution in [0.2, 0.25) is 0 Å². The van der Waals surface area contributed by atoms with Gasteiger partial charge < -0.3 is 9.67 Å². The minimum Gasteiger partial charge on any atom is -0.395 e. The number of hydrogen-bond acceptors (Lipinski definition) is 3. The average Bonchev–Trinajstić information content (AvgIpc) is 2.63. The number of likely N-dealkylation sites (tertiary alicyclic amines) is 1. The molecule has 17 heavy (non-hydrogen) atoms. The van der Waals surface area contributed by atoms with Gasteiger partial charge in [-0.2, -0.15) is 0 Å². The number of aliphatic hydroxyl groups is 1. The van der Waals surface area contributed by atoms with E-state index >= 15 is 0 Å². The highest BCUT2D eigenvalue weighted by atomic mass is 16.3. The first-order valence-electron chi connectivity index (χ1n) is 6.62. The van der Waals surface area contributed by atoms with Gasteiger partial charge in [0.25, 0.3) is 0 Å². The zero-order valence-corrected chi connectivity index (χ0v) is 10.7. The number of imidazole rings is 1. The molecule has 1 saturated heterocycles. The van der Waals surface area contributed by atoms with Crippen molar-refractivity contribution in [3.63, 3.8) is 0 Å². The quantitative estimate of drug-likeness (QED) is 0.855. The van der Waals surface area contributed by atoms with E-state index in [0.717, 1.165) is 31.8 Å². The number of nitrogens with zero attached hydrogens (tertiary/aromatic N) is 3. The Balaban J connectivity index is 1.89. The van der Waals surface area contributed by atoms with E-state index in [1.165, 1.54) is 19.3 Å². The van der Waals surface area contributed by atoms with Crippen LogP contribution in [-0.2, 0) is 13.5 Å². The van der Waals surface area contributed by atoms with Crippen molar-refractivity contribution < 1.29 is 5.11 Å². The monoisotopic (exact) mass is 237 g/mol. The molecule has 1 aromatic heterocycles. The Hall–Kier alpha value is -0.870. The highest BCUT2D eigenvalue weighted by molar-refractivity contribution is 4.92. The molecule has 0 bridgehead atoms. The zero-order valence-electron chi connectivity index (χ0n) is 10.7. The van der Waals surface area contributed by atoms with E-state index in [-0.39, 0.29) is 0 Å². The van der Waals surface area contributed by atoms with Crippen LogP contribution in [-0.4, -0.2) is 45.3 Å². The summed E-state index contributed by atoms with van der Waals surface area (Å²) in [6.45, 7) is 2.42. The lowest BCUT2D eigenvalue weighted by Crippen LogP contribution is -2.39. The minimum atomic E-state index is 0.292. The van der Waals surface area contributed by atoms with Gasteiger partial charge in [-0.05, 0) is 19.4 Å². The van der Waals surface area contributed by atoms with Crippen LogP contribution >= 0.6 is 0 Å². The van der Waals surface area contributed by atoms with E-state index in [1.54, 1.807) is 0 Å². The molecule has 1 aliphatic heterocycles. The predicted molar refractivity (Wildman–Crippen MR) is 67.8 cm³/mol. The summed E-state index contributed by atoms with van der Waals surface area (Å²) in [7, 11) is 2.04. The van der Waals surface area contributed by atoms with E-state index < -0.39 is 0 Å². The SMILES string of the molecule is Cn1ccnc1CCN1CCCCCC1CO. The number of rotatable bonds is 4. The number of hydrogen-bond donors (Lipinski definition) is 1. The van der Waals surface area contributed by atoms with Crippen LogP contribution in [0, 0.1) is 0 Å². The standard InChI is InChI=1S/C13H23N3O/c1-15-10-7-14-13(15)6-9-16-8-4-2-3-5-12(16)11-17/h7,10,12,17H,2-6,8-9,11H2,1H3. The highest BCUT2D eigenvalue weighted by Crippen LogP contribution is 2.16. The zero-order chi connectivity index (χ0) is 12.1. The van der Waals surface area contributed by atoms with Gasteiger partial charge in [0.2, 0.25) is 0 Å². The fourth-order valence-electron chi connectivity index (χ4n) is 2.62. The van der Waals surface area contributed by atoms with E-state index in [9.17, 15) is 5.11 Å². The van der Waals surface area contributed by atoms with Crippen molar-refractivity contribution in [1.82, 2.24) is 14.5 Å². The van der Waals surface area contributed by atoms with Crippen LogP contribution in [0.3, 0.4) is 0 Å². The normalized spacial score (nSPS) is 22.6. The Labute approximate surface area is 103 Å². The van der Waals surface area contributed by atoms with Gasteiger partial charge in [-0.3, -0.25) is 4.90 Å². The Morgan fingerprint density at radius 1 is 1.41 bits per heavy atom. The van der Waals surface area contributed by atoms with Crippen LogP contribution < -0.4 is 0 Å². The Morgan fingerprint density at radius 3 is 3.00 bits per heavy atom. The third-order valence-electron chi connectivity index (χ3n) is 3.75. The van der Waals surface area contributed by atoms with E-state index in [1.807, 2.05) is 19.4 Å². The van der Waals surface area contributed by atoms with Gasteiger partial charge in [-0.1, -0.05) is 12.8 Å². The van der Waals surface area contributed by atoms with Crippen LogP contribution in [0.15, 0.2) is 12.4 Å². The fraction of sp³-hybridized carbons (Fsp3) is 0.769. The van der Waals surface area contributed by atoms with Gasteiger partial charge in [0, 0.05) is 38.4 Å². The topological polar surface area (TPSA) is 41.3 Å². The van der Waals surface area contributed by atoms with Crippen LogP contribution in [0.1, 0.15) is 31.5 Å². The molecule has 2 rings (SSSR count). The second-order valence-corrected chi connectivity index (χ2v) is 4.93. The second-order valence-electron chi connectivity index (χ2n) is 4.93. The maximum Gasteiger partial charge on any atom is 0.109 e. The van der Waals surface area contributed by atoms with Crippen molar-refractivity contribution >= 4 is 0 Å². The molecule has 4 heteroatoms. The van der Waals surface area contributed by atoms with E-state index in [2.05, 4.69) is 14.5 Å². The summed E-state index contributed by atoms with van der Waals surface area (Å²) < 4.78 is 2.08. The lowest BCUT2D eigenvalue weighted by molar-refractivity contribution is 0.125. The molecule has 0 aromatic carbocycles. The van der Waals surface area contributed by atoms with Crippen molar-refractivity contribution in [2.24, 2.45) is 7.05 Å². The first-order valence-corrected chi connectivity index (χ1v) is 6.62. The Kier molecular flexibility index (Phi) is 4.57. The van der Waals surface area contributed by atoms with Gasteiger partial charge in [-0.15, -0.1) is 0 Å². The van der Waals surface area contributed by atoms with Crippen molar-refractivity contribution in [3.05, 3.63) is 18.2 Å². The molecule has 0 amide bonds. The molecule has 0 radical (unpaired) electrons. The highest BCUT2D eigenvalue weighted by Gasteiger charge is 2.20. The maximum absolute atomic E-state index is 9.44. The van der Waals surface area contributed by atoms with Crippen molar-refractivity contribution in [2.75, 3.05) is 19.7 Å². The molecule has 1 aliphatic rings. The molecule has 1 aromatic rings. The summed E-state index contributed by atoms with van der Waals surface area (Å²) in [5, 5.41) is 9.44. The molecule has 1 atom stereocenters. The third kappa shape index (κ3) is 3.30. The maximum atomic E-state index is 9.44. The molecule has 1 fully saturated rings. The van der Waals surface area contributed by atoms with E-state index in [4.69, 9.17) is 0 Å². The second kappa shape index (κ2) is 6.17. The Morgan fingerprint density at radius 2 is 2.29 bits per heavy atom. The molecule has 4 nitrogen and oxygen atoms in total. The summed E-state index contributed by atoms with van der Waals surface area (Å²) in [6.07, 6.45) is 9.76.